The van der Waals surface area contributed by atoms with Crippen molar-refractivity contribution in [2.24, 2.45) is 11.3 Å². The van der Waals surface area contributed by atoms with E-state index in [1.54, 1.807) is 12.1 Å². The first kappa shape index (κ1) is 22.3. The van der Waals surface area contributed by atoms with E-state index >= 15 is 0 Å². The van der Waals surface area contributed by atoms with Crippen LogP contribution in [0.5, 0.6) is 0 Å². The van der Waals surface area contributed by atoms with Crippen LogP contribution in [0.4, 0.5) is 11.5 Å². The van der Waals surface area contributed by atoms with Crippen LogP contribution >= 0.6 is 11.8 Å². The van der Waals surface area contributed by atoms with Gasteiger partial charge in [-0.05, 0) is 23.3 Å². The second-order valence-corrected chi connectivity index (χ2v) is 10.6. The van der Waals surface area contributed by atoms with E-state index in [4.69, 9.17) is 0 Å². The molecule has 2 heterocycles. The molecule has 0 saturated heterocycles. The van der Waals surface area contributed by atoms with Gasteiger partial charge in [-0.2, -0.15) is 0 Å². The minimum atomic E-state index is -0.619. The number of hydrogen-bond donors (Lipinski definition) is 2. The second-order valence-electron chi connectivity index (χ2n) is 9.58. The van der Waals surface area contributed by atoms with Crippen molar-refractivity contribution in [1.82, 2.24) is 9.97 Å². The van der Waals surface area contributed by atoms with E-state index in [2.05, 4.69) is 29.1 Å². The van der Waals surface area contributed by atoms with Gasteiger partial charge in [-0.1, -0.05) is 51.6 Å². The topological polar surface area (TPSA) is 118 Å². The average molecular weight is 455 g/mol. The second kappa shape index (κ2) is 8.20. The molecule has 0 bridgehead atoms. The van der Waals surface area contributed by atoms with Gasteiger partial charge in [-0.3, -0.25) is 19.7 Å². The molecule has 4 rings (SSSR count). The Kier molecular flexibility index (Phi) is 5.70. The van der Waals surface area contributed by atoms with Gasteiger partial charge in [0, 0.05) is 41.5 Å². The maximum absolute atomic E-state index is 13.2. The lowest BCUT2D eigenvalue weighted by atomic mass is 9.69. The first-order chi connectivity index (χ1) is 15.1. The number of benzene rings is 1. The molecular weight excluding hydrogens is 428 g/mol. The lowest BCUT2D eigenvalue weighted by Crippen LogP contribution is -2.37. The summed E-state index contributed by atoms with van der Waals surface area (Å²) in [6.45, 7) is 8.28. The van der Waals surface area contributed by atoms with E-state index in [0.717, 1.165) is 11.4 Å². The summed E-state index contributed by atoms with van der Waals surface area (Å²) >= 11 is 1.48. The number of carbonyl (C=O) groups is 1. The normalized spacial score (nSPS) is 19.4. The molecule has 1 aliphatic heterocycles. The number of nitrogens with zero attached hydrogens (tertiary/aromatic N) is 2. The number of rotatable bonds is 5. The third kappa shape index (κ3) is 4.21. The fraction of sp³-hybridized carbons (Fsp3) is 0.435. The largest absolute Gasteiger partial charge is 0.343 e. The van der Waals surface area contributed by atoms with E-state index in [1.165, 1.54) is 23.9 Å². The van der Waals surface area contributed by atoms with Gasteiger partial charge in [0.15, 0.2) is 10.9 Å². The molecule has 8 nitrogen and oxygen atoms in total. The summed E-state index contributed by atoms with van der Waals surface area (Å²) in [5.41, 5.74) is 1.81. The van der Waals surface area contributed by atoms with Crippen LogP contribution in [0.15, 0.2) is 45.5 Å². The van der Waals surface area contributed by atoms with Crippen LogP contribution in [0, 0.1) is 21.4 Å². The number of H-pyrrole nitrogens is 1. The van der Waals surface area contributed by atoms with E-state index in [0.29, 0.717) is 46.4 Å². The Bertz CT molecular complexity index is 1180. The third-order valence-electron chi connectivity index (χ3n) is 5.69. The Balaban J connectivity index is 1.87. The van der Waals surface area contributed by atoms with Gasteiger partial charge < -0.3 is 10.3 Å². The molecule has 32 heavy (non-hydrogen) atoms. The smallest absolute Gasteiger partial charge is 0.269 e. The number of nitrogens with one attached hydrogen (secondary N) is 2. The van der Waals surface area contributed by atoms with Crippen molar-refractivity contribution in [2.75, 3.05) is 11.1 Å². The monoisotopic (exact) mass is 454 g/mol. The Morgan fingerprint density at radius 1 is 1.22 bits per heavy atom. The number of allylic oxidation sites excluding steroid dienone is 2. The summed E-state index contributed by atoms with van der Waals surface area (Å²) in [5, 5.41) is 14.9. The molecule has 168 valence electrons. The quantitative estimate of drug-likeness (QED) is 0.293. The molecule has 0 amide bonds. The molecule has 2 N–H and O–H groups in total. The number of hydrogen-bond acceptors (Lipinski definition) is 7. The highest BCUT2D eigenvalue weighted by Gasteiger charge is 2.42. The SMILES string of the molecule is CC(C)CSc1nc2c(c(=O)[nH]1)C(c1ccc([N+](=O)[O-])cc1)C1=C(CC(C)(C)CC1=O)N2. The Labute approximate surface area is 190 Å². The number of Topliss-reactive ketones (excluding diaryl/α,β-unsaturated/α-hetero) is 1. The fourth-order valence-corrected chi connectivity index (χ4v) is 5.14. The number of non-ortho nitro benzene ring substituents is 1. The van der Waals surface area contributed by atoms with E-state index in [9.17, 15) is 19.7 Å². The third-order valence-corrected chi connectivity index (χ3v) is 6.99. The first-order valence-electron chi connectivity index (χ1n) is 10.6. The fourth-order valence-electron chi connectivity index (χ4n) is 4.33. The molecule has 1 aromatic heterocycles. The van der Waals surface area contributed by atoms with Crippen LogP contribution in [0.25, 0.3) is 0 Å². The number of nitro benzene ring substituents is 1. The van der Waals surface area contributed by atoms with E-state index in [-0.39, 0.29) is 22.4 Å². The summed E-state index contributed by atoms with van der Waals surface area (Å²) in [7, 11) is 0. The molecule has 1 aromatic carbocycles. The zero-order valence-electron chi connectivity index (χ0n) is 18.5. The molecule has 2 aliphatic rings. The minimum absolute atomic E-state index is 0.0181. The van der Waals surface area contributed by atoms with Crippen molar-refractivity contribution in [3.05, 3.63) is 67.1 Å². The highest BCUT2D eigenvalue weighted by atomic mass is 32.2. The van der Waals surface area contributed by atoms with Crippen molar-refractivity contribution in [3.8, 4) is 0 Å². The number of carbonyl (C=O) groups excluding carboxylic acids is 1. The number of aromatic amines is 1. The first-order valence-corrected chi connectivity index (χ1v) is 11.6. The van der Waals surface area contributed by atoms with Crippen LogP contribution in [-0.2, 0) is 4.79 Å². The molecule has 1 atom stereocenters. The number of thioether (sulfide) groups is 1. The van der Waals surface area contributed by atoms with Crippen LogP contribution in [0.1, 0.15) is 57.6 Å². The van der Waals surface area contributed by atoms with Crippen LogP contribution in [0.2, 0.25) is 0 Å². The molecule has 9 heteroatoms. The van der Waals surface area contributed by atoms with Crippen molar-refractivity contribution >= 4 is 29.1 Å². The van der Waals surface area contributed by atoms with E-state index < -0.39 is 10.8 Å². The molecular formula is C23H26N4O4S. The highest BCUT2D eigenvalue weighted by Crippen LogP contribution is 2.47. The Morgan fingerprint density at radius 3 is 2.53 bits per heavy atom. The number of anilines is 1. The summed E-state index contributed by atoms with van der Waals surface area (Å²) < 4.78 is 0. The maximum Gasteiger partial charge on any atom is 0.269 e. The number of fused-ring (bicyclic) bond motifs is 1. The van der Waals surface area contributed by atoms with Gasteiger partial charge in [-0.25, -0.2) is 4.98 Å². The van der Waals surface area contributed by atoms with Gasteiger partial charge >= 0.3 is 0 Å². The van der Waals surface area contributed by atoms with Crippen molar-refractivity contribution in [2.45, 2.75) is 51.6 Å². The van der Waals surface area contributed by atoms with Gasteiger partial charge in [0.1, 0.15) is 5.82 Å². The maximum atomic E-state index is 13.2. The van der Waals surface area contributed by atoms with Crippen LogP contribution < -0.4 is 10.9 Å². The predicted molar refractivity (Wildman–Crippen MR) is 124 cm³/mol. The molecule has 0 fully saturated rings. The summed E-state index contributed by atoms with van der Waals surface area (Å²) in [5.74, 6) is 1.06. The van der Waals surface area contributed by atoms with Crippen LogP contribution in [0.3, 0.4) is 0 Å². The number of nitro groups is 1. The molecule has 1 unspecified atom stereocenters. The Hall–Kier alpha value is -2.94. The molecule has 0 saturated carbocycles. The summed E-state index contributed by atoms with van der Waals surface area (Å²) in [6.07, 6.45) is 1.03. The van der Waals surface area contributed by atoms with Crippen LogP contribution in [-0.4, -0.2) is 26.4 Å². The highest BCUT2D eigenvalue weighted by molar-refractivity contribution is 7.99. The van der Waals surface area contributed by atoms with Crippen molar-refractivity contribution in [1.29, 1.82) is 0 Å². The molecule has 2 aromatic rings. The van der Waals surface area contributed by atoms with Gasteiger partial charge in [0.2, 0.25) is 0 Å². The number of ketones is 1. The van der Waals surface area contributed by atoms with E-state index in [1.807, 2.05) is 13.8 Å². The average Bonchev–Trinajstić information content (AvgIpc) is 2.69. The zero-order valence-corrected chi connectivity index (χ0v) is 19.3. The molecule has 1 aliphatic carbocycles. The molecule has 0 spiro atoms. The van der Waals surface area contributed by atoms with Crippen molar-refractivity contribution < 1.29 is 9.72 Å². The summed E-state index contributed by atoms with van der Waals surface area (Å²) in [6, 6.07) is 6.05. The van der Waals surface area contributed by atoms with Gasteiger partial charge in [0.25, 0.3) is 11.2 Å². The van der Waals surface area contributed by atoms with Crippen molar-refractivity contribution in [3.63, 3.8) is 0 Å². The summed E-state index contributed by atoms with van der Waals surface area (Å²) in [4.78, 5) is 44.6. The van der Waals surface area contributed by atoms with Gasteiger partial charge in [-0.15, -0.1) is 0 Å². The Morgan fingerprint density at radius 2 is 1.91 bits per heavy atom. The number of aromatic nitrogens is 2. The lowest BCUT2D eigenvalue weighted by Gasteiger charge is -2.38. The zero-order chi connectivity index (χ0) is 23.2. The standard InChI is InChI=1S/C23H26N4O4S/c1-12(2)11-32-22-25-20-19(21(29)26-22)17(13-5-7-14(8-6-13)27(30)31)18-15(24-20)9-23(3,4)10-16(18)28/h5-8,12,17H,9-11H2,1-4H3,(H2,24,25,26,29). The minimum Gasteiger partial charge on any atom is -0.343 e. The predicted octanol–water partition coefficient (Wildman–Crippen LogP) is 4.63. The lowest BCUT2D eigenvalue weighted by molar-refractivity contribution is -0.384. The van der Waals surface area contributed by atoms with Gasteiger partial charge in [0.05, 0.1) is 10.5 Å². The molecule has 0 radical (unpaired) electrons.